The minimum absolute atomic E-state index is 0.0781. The standard InChI is InChI=1S/C20H19F2N3O6/c1-9-4-5-31-14-8-24-7-12(16(26)17(27)15(24)20(30)25(9)14)19(29)23-18(28)11-3-2-10(21)6-13(11)22/h2-3,6-7,9,14,18,27-28H,4-5,8H2,1H3,(H,23,29)/t9-,14+,18?/m1/s1. The Hall–Kier alpha value is -3.31. The number of aliphatic hydroxyl groups is 1. The summed E-state index contributed by atoms with van der Waals surface area (Å²) < 4.78 is 33.7. The summed E-state index contributed by atoms with van der Waals surface area (Å²) in [4.78, 5) is 39.4. The normalized spacial score (nSPS) is 21.3. The Labute approximate surface area is 174 Å². The highest BCUT2D eigenvalue weighted by molar-refractivity contribution is 5.99. The molecule has 1 unspecified atom stereocenters. The largest absolute Gasteiger partial charge is 0.503 e. The minimum Gasteiger partial charge on any atom is -0.503 e. The number of fused-ring (bicyclic) bond motifs is 2. The van der Waals surface area contributed by atoms with Gasteiger partial charge in [0.25, 0.3) is 11.8 Å². The molecule has 31 heavy (non-hydrogen) atoms. The van der Waals surface area contributed by atoms with Crippen LogP contribution in [0, 0.1) is 11.6 Å². The molecule has 0 bridgehead atoms. The van der Waals surface area contributed by atoms with Crippen LogP contribution in [0.1, 0.15) is 46.0 Å². The molecule has 1 aromatic heterocycles. The lowest BCUT2D eigenvalue weighted by molar-refractivity contribution is -0.112. The van der Waals surface area contributed by atoms with E-state index >= 15 is 0 Å². The van der Waals surface area contributed by atoms with Gasteiger partial charge in [-0.3, -0.25) is 14.4 Å². The molecule has 11 heteroatoms. The molecule has 4 rings (SSSR count). The number of benzene rings is 1. The second kappa shape index (κ2) is 7.75. The van der Waals surface area contributed by atoms with Crippen molar-refractivity contribution >= 4 is 11.8 Å². The van der Waals surface area contributed by atoms with Gasteiger partial charge in [0, 0.05) is 23.9 Å². The Morgan fingerprint density at radius 2 is 2.06 bits per heavy atom. The molecule has 0 radical (unpaired) electrons. The average molecular weight is 435 g/mol. The van der Waals surface area contributed by atoms with Gasteiger partial charge in [-0.1, -0.05) is 0 Å². The smallest absolute Gasteiger partial charge is 0.276 e. The van der Waals surface area contributed by atoms with Gasteiger partial charge in [0.15, 0.2) is 23.9 Å². The number of aromatic nitrogens is 1. The highest BCUT2D eigenvalue weighted by Crippen LogP contribution is 2.29. The Morgan fingerprint density at radius 3 is 2.77 bits per heavy atom. The number of aromatic hydroxyl groups is 1. The number of halogens is 2. The third kappa shape index (κ3) is 3.55. The van der Waals surface area contributed by atoms with Crippen LogP contribution >= 0.6 is 0 Å². The number of amides is 2. The number of carbonyl (C=O) groups is 2. The predicted octanol–water partition coefficient (Wildman–Crippen LogP) is 0.844. The maximum Gasteiger partial charge on any atom is 0.276 e. The van der Waals surface area contributed by atoms with Crippen molar-refractivity contribution in [3.05, 3.63) is 63.1 Å². The van der Waals surface area contributed by atoms with Crippen LogP contribution in [0.25, 0.3) is 0 Å². The van der Waals surface area contributed by atoms with E-state index in [-0.39, 0.29) is 18.3 Å². The minimum atomic E-state index is -1.88. The number of rotatable bonds is 3. The molecular formula is C20H19F2N3O6. The van der Waals surface area contributed by atoms with E-state index in [0.29, 0.717) is 19.1 Å². The molecule has 3 N–H and O–H groups in total. The van der Waals surface area contributed by atoms with E-state index < -0.39 is 58.2 Å². The van der Waals surface area contributed by atoms with E-state index in [1.165, 1.54) is 9.47 Å². The summed E-state index contributed by atoms with van der Waals surface area (Å²) in [5, 5.41) is 22.5. The van der Waals surface area contributed by atoms with Crippen molar-refractivity contribution in [1.29, 1.82) is 0 Å². The number of hydrogen-bond acceptors (Lipinski definition) is 6. The van der Waals surface area contributed by atoms with Gasteiger partial charge in [-0.15, -0.1) is 0 Å². The van der Waals surface area contributed by atoms with E-state index in [9.17, 15) is 33.4 Å². The van der Waals surface area contributed by atoms with Crippen LogP contribution in [0.4, 0.5) is 8.78 Å². The molecule has 1 saturated heterocycles. The van der Waals surface area contributed by atoms with Crippen molar-refractivity contribution in [1.82, 2.24) is 14.8 Å². The quantitative estimate of drug-likeness (QED) is 0.615. The molecule has 2 aliphatic heterocycles. The molecule has 1 aromatic carbocycles. The van der Waals surface area contributed by atoms with Crippen molar-refractivity contribution in [2.24, 2.45) is 0 Å². The summed E-state index contributed by atoms with van der Waals surface area (Å²) in [6.45, 7) is 2.34. The number of aliphatic hydroxyl groups excluding tert-OH is 1. The van der Waals surface area contributed by atoms with Crippen molar-refractivity contribution in [2.75, 3.05) is 6.61 Å². The van der Waals surface area contributed by atoms with Crippen LogP contribution in [-0.2, 0) is 11.3 Å². The molecule has 3 atom stereocenters. The molecule has 164 valence electrons. The molecular weight excluding hydrogens is 416 g/mol. The lowest BCUT2D eigenvalue weighted by Gasteiger charge is -2.44. The molecule has 0 aliphatic carbocycles. The molecule has 0 saturated carbocycles. The molecule has 2 aliphatic rings. The summed E-state index contributed by atoms with van der Waals surface area (Å²) in [6.07, 6.45) is -0.819. The predicted molar refractivity (Wildman–Crippen MR) is 101 cm³/mol. The molecule has 3 heterocycles. The van der Waals surface area contributed by atoms with Crippen molar-refractivity contribution in [3.8, 4) is 5.75 Å². The second-order valence-corrected chi connectivity index (χ2v) is 7.44. The maximum atomic E-state index is 13.8. The Kier molecular flexibility index (Phi) is 5.23. The van der Waals surface area contributed by atoms with Gasteiger partial charge in [0.1, 0.15) is 17.2 Å². The second-order valence-electron chi connectivity index (χ2n) is 7.44. The van der Waals surface area contributed by atoms with Gasteiger partial charge in [-0.05, 0) is 25.5 Å². The first-order valence-electron chi connectivity index (χ1n) is 9.53. The van der Waals surface area contributed by atoms with Crippen LogP contribution in [0.5, 0.6) is 5.75 Å². The first kappa shape index (κ1) is 20.9. The Morgan fingerprint density at radius 1 is 1.32 bits per heavy atom. The van der Waals surface area contributed by atoms with Gasteiger partial charge in [-0.2, -0.15) is 0 Å². The zero-order valence-electron chi connectivity index (χ0n) is 16.3. The molecule has 2 amide bonds. The first-order valence-corrected chi connectivity index (χ1v) is 9.53. The number of pyridine rings is 1. The number of ether oxygens (including phenoxy) is 1. The molecule has 2 aromatic rings. The fourth-order valence-corrected chi connectivity index (χ4v) is 3.82. The summed E-state index contributed by atoms with van der Waals surface area (Å²) in [7, 11) is 0. The van der Waals surface area contributed by atoms with Crippen LogP contribution in [0.3, 0.4) is 0 Å². The summed E-state index contributed by atoms with van der Waals surface area (Å²) in [6, 6.07) is 2.22. The third-order valence-electron chi connectivity index (χ3n) is 5.45. The van der Waals surface area contributed by atoms with Crippen LogP contribution in [0.15, 0.2) is 29.2 Å². The zero-order valence-corrected chi connectivity index (χ0v) is 16.3. The van der Waals surface area contributed by atoms with Crippen LogP contribution in [-0.4, -0.2) is 50.4 Å². The first-order chi connectivity index (χ1) is 14.7. The summed E-state index contributed by atoms with van der Waals surface area (Å²) in [5.41, 5.74) is -2.35. The van der Waals surface area contributed by atoms with Gasteiger partial charge in [0.2, 0.25) is 5.43 Å². The molecule has 1 fully saturated rings. The number of hydrogen-bond donors (Lipinski definition) is 3. The third-order valence-corrected chi connectivity index (χ3v) is 5.45. The van der Waals surface area contributed by atoms with Crippen molar-refractivity contribution < 1.29 is 33.3 Å². The van der Waals surface area contributed by atoms with Crippen LogP contribution < -0.4 is 10.7 Å². The van der Waals surface area contributed by atoms with Gasteiger partial charge < -0.3 is 29.7 Å². The lowest BCUT2D eigenvalue weighted by Crippen LogP contribution is -2.57. The maximum absolute atomic E-state index is 13.8. The fourth-order valence-electron chi connectivity index (χ4n) is 3.82. The van der Waals surface area contributed by atoms with E-state index in [0.717, 1.165) is 18.3 Å². The highest BCUT2D eigenvalue weighted by Gasteiger charge is 2.41. The number of nitrogens with zero attached hydrogens (tertiary/aromatic N) is 2. The SMILES string of the molecule is C[C@@H]1CCO[C@H]2Cn3cc(C(=O)NC(O)c4ccc(F)cc4F)c(=O)c(O)c3C(=O)N12. The molecule has 0 spiro atoms. The van der Waals surface area contributed by atoms with E-state index in [1.54, 1.807) is 0 Å². The van der Waals surface area contributed by atoms with E-state index in [1.807, 2.05) is 12.2 Å². The topological polar surface area (TPSA) is 121 Å². The Balaban J connectivity index is 1.66. The molecule has 9 nitrogen and oxygen atoms in total. The van der Waals surface area contributed by atoms with E-state index in [4.69, 9.17) is 4.74 Å². The zero-order chi connectivity index (χ0) is 22.4. The monoisotopic (exact) mass is 435 g/mol. The fraction of sp³-hybridized carbons (Fsp3) is 0.350. The van der Waals surface area contributed by atoms with Gasteiger partial charge in [-0.25, -0.2) is 8.78 Å². The Bertz CT molecular complexity index is 1130. The van der Waals surface area contributed by atoms with Gasteiger partial charge >= 0.3 is 0 Å². The van der Waals surface area contributed by atoms with Gasteiger partial charge in [0.05, 0.1) is 13.2 Å². The van der Waals surface area contributed by atoms with E-state index in [2.05, 4.69) is 0 Å². The van der Waals surface area contributed by atoms with Crippen molar-refractivity contribution in [3.63, 3.8) is 0 Å². The number of carbonyl (C=O) groups excluding carboxylic acids is 2. The highest BCUT2D eigenvalue weighted by atomic mass is 19.1. The number of nitrogens with one attached hydrogen (secondary N) is 1. The average Bonchev–Trinajstić information content (AvgIpc) is 2.70. The lowest BCUT2D eigenvalue weighted by atomic mass is 10.1. The summed E-state index contributed by atoms with van der Waals surface area (Å²) >= 11 is 0. The van der Waals surface area contributed by atoms with Crippen molar-refractivity contribution in [2.45, 2.75) is 38.4 Å². The summed E-state index contributed by atoms with van der Waals surface area (Å²) in [5.74, 6) is -4.57. The van der Waals surface area contributed by atoms with Crippen LogP contribution in [0.2, 0.25) is 0 Å².